The minimum absolute atomic E-state index is 0.0807. The fourth-order valence-corrected chi connectivity index (χ4v) is 3.34. The van der Waals surface area contributed by atoms with Gasteiger partial charge in [0, 0.05) is 18.7 Å². The van der Waals surface area contributed by atoms with Crippen LogP contribution in [0.15, 0.2) is 54.6 Å². The minimum atomic E-state index is -0.478. The number of likely N-dealkylation sites (N-methyl/N-ethyl adjacent to an activating group) is 1. The zero-order valence-corrected chi connectivity index (χ0v) is 14.9. The average molecular weight is 356 g/mol. The quantitative estimate of drug-likeness (QED) is 0.880. The summed E-state index contributed by atoms with van der Waals surface area (Å²) in [4.78, 5) is 14.4. The Morgan fingerprint density at radius 3 is 2.65 bits per heavy atom. The monoisotopic (exact) mass is 356 g/mol. The summed E-state index contributed by atoms with van der Waals surface area (Å²) in [6, 6.07) is 12.6. The van der Waals surface area contributed by atoms with E-state index in [0.717, 1.165) is 17.7 Å². The Morgan fingerprint density at radius 2 is 1.96 bits per heavy atom. The number of halogens is 2. The van der Waals surface area contributed by atoms with Gasteiger partial charge in [0.25, 0.3) is 0 Å². The van der Waals surface area contributed by atoms with Gasteiger partial charge in [-0.3, -0.25) is 9.69 Å². The van der Waals surface area contributed by atoms with Crippen LogP contribution in [0.1, 0.15) is 31.0 Å². The Hall–Kier alpha value is -2.53. The number of hydrogen-bond acceptors (Lipinski definition) is 2. The number of carbonyl (C=O) groups excluding carboxylic acids is 1. The smallest absolute Gasteiger partial charge is 0.237 e. The molecule has 0 radical (unpaired) electrons. The topological polar surface area (TPSA) is 32.3 Å². The maximum absolute atomic E-state index is 14.3. The SMILES string of the molecule is CCNC(=O)C(C)N1CC(c2cc(F)ccc2F)=C[C@H]1c1ccccc1. The van der Waals surface area contributed by atoms with E-state index in [9.17, 15) is 13.6 Å². The fraction of sp³-hybridized carbons (Fsp3) is 0.286. The molecule has 2 aromatic rings. The van der Waals surface area contributed by atoms with Crippen LogP contribution >= 0.6 is 0 Å². The lowest BCUT2D eigenvalue weighted by Crippen LogP contribution is -2.45. The fourth-order valence-electron chi connectivity index (χ4n) is 3.34. The Balaban J connectivity index is 1.98. The van der Waals surface area contributed by atoms with Gasteiger partial charge in [0.2, 0.25) is 5.91 Å². The van der Waals surface area contributed by atoms with Crippen LogP contribution in [0.4, 0.5) is 8.78 Å². The predicted molar refractivity (Wildman–Crippen MR) is 98.4 cm³/mol. The third kappa shape index (κ3) is 3.68. The molecular weight excluding hydrogens is 334 g/mol. The summed E-state index contributed by atoms with van der Waals surface area (Å²) in [5.41, 5.74) is 1.94. The first-order chi connectivity index (χ1) is 12.5. The molecule has 1 unspecified atom stereocenters. The summed E-state index contributed by atoms with van der Waals surface area (Å²) in [6.45, 7) is 4.62. The maximum Gasteiger partial charge on any atom is 0.237 e. The molecular formula is C21H22F2N2O. The van der Waals surface area contributed by atoms with E-state index < -0.39 is 17.7 Å². The molecule has 1 aliphatic rings. The van der Waals surface area contributed by atoms with Gasteiger partial charge in [0.1, 0.15) is 11.6 Å². The van der Waals surface area contributed by atoms with E-state index in [-0.39, 0.29) is 17.5 Å². The second kappa shape index (κ2) is 7.79. The molecule has 1 aliphatic heterocycles. The van der Waals surface area contributed by atoms with Crippen molar-refractivity contribution in [3.8, 4) is 0 Å². The van der Waals surface area contributed by atoms with Gasteiger partial charge in [-0.2, -0.15) is 0 Å². The van der Waals surface area contributed by atoms with Crippen molar-refractivity contribution in [1.82, 2.24) is 10.2 Å². The first kappa shape index (κ1) is 18.3. The van der Waals surface area contributed by atoms with Crippen molar-refractivity contribution >= 4 is 11.5 Å². The van der Waals surface area contributed by atoms with E-state index in [0.29, 0.717) is 18.7 Å². The lowest BCUT2D eigenvalue weighted by molar-refractivity contribution is -0.125. The highest BCUT2D eigenvalue weighted by Crippen LogP contribution is 2.36. The van der Waals surface area contributed by atoms with Gasteiger partial charge in [-0.25, -0.2) is 8.78 Å². The van der Waals surface area contributed by atoms with Crippen LogP contribution < -0.4 is 5.32 Å². The molecule has 2 aromatic carbocycles. The number of amides is 1. The molecule has 3 rings (SSSR count). The molecule has 0 aliphatic carbocycles. The highest BCUT2D eigenvalue weighted by atomic mass is 19.1. The summed E-state index contributed by atoms with van der Waals surface area (Å²) in [5, 5.41) is 2.83. The Morgan fingerprint density at radius 1 is 1.23 bits per heavy atom. The van der Waals surface area contributed by atoms with Crippen molar-refractivity contribution in [3.63, 3.8) is 0 Å². The number of nitrogens with zero attached hydrogens (tertiary/aromatic N) is 1. The van der Waals surface area contributed by atoms with Gasteiger partial charge >= 0.3 is 0 Å². The first-order valence-electron chi connectivity index (χ1n) is 8.75. The maximum atomic E-state index is 14.3. The molecule has 0 saturated carbocycles. The molecule has 1 heterocycles. The zero-order chi connectivity index (χ0) is 18.7. The second-order valence-electron chi connectivity index (χ2n) is 6.41. The van der Waals surface area contributed by atoms with Gasteiger partial charge < -0.3 is 5.32 Å². The molecule has 0 spiro atoms. The van der Waals surface area contributed by atoms with Gasteiger partial charge in [0.05, 0.1) is 12.1 Å². The summed E-state index contributed by atoms with van der Waals surface area (Å²) in [6.07, 6.45) is 1.92. The Bertz CT molecular complexity index is 820. The van der Waals surface area contributed by atoms with E-state index >= 15 is 0 Å². The summed E-state index contributed by atoms with van der Waals surface area (Å²) in [7, 11) is 0. The number of benzene rings is 2. The van der Waals surface area contributed by atoms with E-state index in [1.807, 2.05) is 55.2 Å². The number of rotatable bonds is 5. The third-order valence-corrected chi connectivity index (χ3v) is 4.71. The first-order valence-corrected chi connectivity index (χ1v) is 8.75. The van der Waals surface area contributed by atoms with Crippen molar-refractivity contribution in [2.45, 2.75) is 25.9 Å². The van der Waals surface area contributed by atoms with Crippen LogP contribution in [-0.4, -0.2) is 29.9 Å². The molecule has 2 atom stereocenters. The number of nitrogens with one attached hydrogen (secondary N) is 1. The van der Waals surface area contributed by atoms with Crippen LogP contribution in [0.2, 0.25) is 0 Å². The summed E-state index contributed by atoms with van der Waals surface area (Å²) in [5.74, 6) is -1.02. The predicted octanol–water partition coefficient (Wildman–Crippen LogP) is 3.93. The molecule has 3 nitrogen and oxygen atoms in total. The highest BCUT2D eigenvalue weighted by Gasteiger charge is 2.34. The normalized spacial score (nSPS) is 18.5. The summed E-state index contributed by atoms with van der Waals surface area (Å²) >= 11 is 0. The van der Waals surface area contributed by atoms with Crippen molar-refractivity contribution in [1.29, 1.82) is 0 Å². The average Bonchev–Trinajstić information content (AvgIpc) is 3.09. The minimum Gasteiger partial charge on any atom is -0.355 e. The molecule has 1 N–H and O–H groups in total. The van der Waals surface area contributed by atoms with Crippen LogP contribution in [-0.2, 0) is 4.79 Å². The third-order valence-electron chi connectivity index (χ3n) is 4.71. The lowest BCUT2D eigenvalue weighted by atomic mass is 10.0. The van der Waals surface area contributed by atoms with Gasteiger partial charge in [-0.05, 0) is 43.2 Å². The molecule has 0 aromatic heterocycles. The van der Waals surface area contributed by atoms with E-state index in [1.54, 1.807) is 0 Å². The largest absolute Gasteiger partial charge is 0.355 e. The molecule has 0 bridgehead atoms. The molecule has 5 heteroatoms. The number of carbonyl (C=O) groups is 1. The van der Waals surface area contributed by atoms with Gasteiger partial charge in [-0.1, -0.05) is 36.4 Å². The zero-order valence-electron chi connectivity index (χ0n) is 14.9. The van der Waals surface area contributed by atoms with Gasteiger partial charge in [-0.15, -0.1) is 0 Å². The van der Waals surface area contributed by atoms with E-state index in [2.05, 4.69) is 5.32 Å². The second-order valence-corrected chi connectivity index (χ2v) is 6.41. The van der Waals surface area contributed by atoms with Crippen LogP contribution in [0.25, 0.3) is 5.57 Å². The van der Waals surface area contributed by atoms with Crippen LogP contribution in [0.5, 0.6) is 0 Å². The Kier molecular flexibility index (Phi) is 5.47. The highest BCUT2D eigenvalue weighted by molar-refractivity contribution is 5.82. The standard InChI is InChI=1S/C21H22F2N2O/c1-3-24-21(26)14(2)25-13-16(18-12-17(22)9-10-19(18)23)11-20(25)15-7-5-4-6-8-15/h4-12,14,20H,3,13H2,1-2H3,(H,24,26)/t14?,20-/m0/s1. The lowest BCUT2D eigenvalue weighted by Gasteiger charge is -2.30. The van der Waals surface area contributed by atoms with E-state index in [4.69, 9.17) is 0 Å². The van der Waals surface area contributed by atoms with Crippen LogP contribution in [0.3, 0.4) is 0 Å². The van der Waals surface area contributed by atoms with Crippen molar-refractivity contribution in [3.05, 3.63) is 77.4 Å². The van der Waals surface area contributed by atoms with Crippen LogP contribution in [0, 0.1) is 11.6 Å². The molecule has 0 saturated heterocycles. The van der Waals surface area contributed by atoms with E-state index in [1.165, 1.54) is 6.07 Å². The van der Waals surface area contributed by atoms with Gasteiger partial charge in [0.15, 0.2) is 0 Å². The number of hydrogen-bond donors (Lipinski definition) is 1. The van der Waals surface area contributed by atoms with Crippen molar-refractivity contribution in [2.75, 3.05) is 13.1 Å². The molecule has 136 valence electrons. The van der Waals surface area contributed by atoms with Crippen molar-refractivity contribution in [2.24, 2.45) is 0 Å². The Labute approximate surface area is 152 Å². The summed E-state index contributed by atoms with van der Waals surface area (Å²) < 4.78 is 27.9. The molecule has 1 amide bonds. The van der Waals surface area contributed by atoms with Crippen molar-refractivity contribution < 1.29 is 13.6 Å². The molecule has 0 fully saturated rings. The molecule has 26 heavy (non-hydrogen) atoms.